The first-order valence-corrected chi connectivity index (χ1v) is 9.50. The van der Waals surface area contributed by atoms with Crippen LogP contribution in [0.4, 0.5) is 4.39 Å². The zero-order valence-corrected chi connectivity index (χ0v) is 17.9. The van der Waals surface area contributed by atoms with Gasteiger partial charge in [-0.2, -0.15) is 0 Å². The standard InChI is InChI=1S/C17H14Br2FN3O3S/c1-9-6-10(18)7-12(19)15(9)26-8-14(24)22-23-17(27)21-16(25)11-4-2-3-5-13(11)20/h2-7H,8H2,1H3,(H,22,24)(H2,21,23,25,27). The van der Waals surface area contributed by atoms with Crippen LogP contribution in [0, 0.1) is 12.7 Å². The average molecular weight is 519 g/mol. The summed E-state index contributed by atoms with van der Waals surface area (Å²) >= 11 is 11.6. The lowest BCUT2D eigenvalue weighted by atomic mass is 10.2. The number of thiocarbonyl (C=S) groups is 1. The first-order chi connectivity index (χ1) is 12.8. The smallest absolute Gasteiger partial charge is 0.276 e. The molecule has 0 bridgehead atoms. The molecule has 6 nitrogen and oxygen atoms in total. The number of ether oxygens (including phenoxy) is 1. The molecule has 3 N–H and O–H groups in total. The van der Waals surface area contributed by atoms with Gasteiger partial charge in [0.2, 0.25) is 0 Å². The predicted molar refractivity (Wildman–Crippen MR) is 110 cm³/mol. The van der Waals surface area contributed by atoms with Crippen LogP contribution < -0.4 is 20.9 Å². The summed E-state index contributed by atoms with van der Waals surface area (Å²) in [6, 6.07) is 9.12. The third-order valence-corrected chi connectivity index (χ3v) is 4.45. The lowest BCUT2D eigenvalue weighted by Gasteiger charge is -2.13. The van der Waals surface area contributed by atoms with Crippen molar-refractivity contribution in [2.45, 2.75) is 6.92 Å². The molecular weight excluding hydrogens is 505 g/mol. The van der Waals surface area contributed by atoms with Crippen LogP contribution in [-0.2, 0) is 4.79 Å². The van der Waals surface area contributed by atoms with Crippen molar-refractivity contribution in [3.05, 3.63) is 62.3 Å². The third-order valence-electron chi connectivity index (χ3n) is 3.20. The van der Waals surface area contributed by atoms with Gasteiger partial charge in [0.25, 0.3) is 11.8 Å². The van der Waals surface area contributed by atoms with E-state index in [2.05, 4.69) is 48.0 Å². The average Bonchev–Trinajstić information content (AvgIpc) is 2.59. The highest BCUT2D eigenvalue weighted by Crippen LogP contribution is 2.32. The molecule has 0 aromatic heterocycles. The number of hydrogen-bond donors (Lipinski definition) is 3. The van der Waals surface area contributed by atoms with Crippen LogP contribution in [0.15, 0.2) is 45.3 Å². The Hall–Kier alpha value is -2.04. The first-order valence-electron chi connectivity index (χ1n) is 7.51. The van der Waals surface area contributed by atoms with Crippen LogP contribution in [0.1, 0.15) is 15.9 Å². The first kappa shape index (κ1) is 21.3. The Morgan fingerprint density at radius 2 is 1.89 bits per heavy atom. The van der Waals surface area contributed by atoms with Crippen molar-refractivity contribution in [2.24, 2.45) is 0 Å². The number of carbonyl (C=O) groups is 2. The second-order valence-corrected chi connectivity index (χ2v) is 7.44. The minimum absolute atomic E-state index is 0.160. The molecule has 0 fully saturated rings. The van der Waals surface area contributed by atoms with Gasteiger partial charge in [-0.1, -0.05) is 28.1 Å². The summed E-state index contributed by atoms with van der Waals surface area (Å²) in [5.74, 6) is -1.40. The summed E-state index contributed by atoms with van der Waals surface area (Å²) < 4.78 is 20.6. The van der Waals surface area contributed by atoms with Gasteiger partial charge in [0.05, 0.1) is 10.0 Å². The van der Waals surface area contributed by atoms with Gasteiger partial charge in [-0.25, -0.2) is 4.39 Å². The lowest BCUT2D eigenvalue weighted by Crippen LogP contribution is -2.49. The Morgan fingerprint density at radius 1 is 1.19 bits per heavy atom. The summed E-state index contributed by atoms with van der Waals surface area (Å²) in [7, 11) is 0. The van der Waals surface area contributed by atoms with Crippen LogP contribution in [0.3, 0.4) is 0 Å². The number of benzene rings is 2. The lowest BCUT2D eigenvalue weighted by molar-refractivity contribution is -0.123. The molecule has 0 saturated heterocycles. The van der Waals surface area contributed by atoms with Gasteiger partial charge >= 0.3 is 0 Å². The second-order valence-electron chi connectivity index (χ2n) is 5.26. The molecule has 0 aliphatic rings. The van der Waals surface area contributed by atoms with Crippen molar-refractivity contribution < 1.29 is 18.7 Å². The van der Waals surface area contributed by atoms with E-state index in [1.54, 1.807) is 6.07 Å². The fourth-order valence-corrected chi connectivity index (χ4v) is 3.72. The van der Waals surface area contributed by atoms with Crippen LogP contribution in [0.25, 0.3) is 0 Å². The largest absolute Gasteiger partial charge is 0.482 e. The highest BCUT2D eigenvalue weighted by atomic mass is 79.9. The van der Waals surface area contributed by atoms with Crippen molar-refractivity contribution in [1.29, 1.82) is 0 Å². The number of halogens is 3. The SMILES string of the molecule is Cc1cc(Br)cc(Br)c1OCC(=O)NNC(=S)NC(=O)c1ccccc1F. The zero-order valence-electron chi connectivity index (χ0n) is 13.9. The van der Waals surface area contributed by atoms with Crippen LogP contribution in [0.2, 0.25) is 0 Å². The Labute approximate surface area is 177 Å². The summed E-state index contributed by atoms with van der Waals surface area (Å²) in [5.41, 5.74) is 5.32. The quantitative estimate of drug-likeness (QED) is 0.427. The van der Waals surface area contributed by atoms with Gasteiger partial charge in [-0.05, 0) is 64.9 Å². The monoisotopic (exact) mass is 517 g/mol. The Morgan fingerprint density at radius 3 is 2.56 bits per heavy atom. The van der Waals surface area contributed by atoms with E-state index in [1.807, 2.05) is 13.0 Å². The number of amides is 2. The molecule has 0 radical (unpaired) electrons. The molecule has 0 aliphatic carbocycles. The topological polar surface area (TPSA) is 79.5 Å². The van der Waals surface area contributed by atoms with Gasteiger partial charge in [0.15, 0.2) is 11.7 Å². The predicted octanol–water partition coefficient (Wildman–Crippen LogP) is 3.37. The van der Waals surface area contributed by atoms with Gasteiger partial charge in [-0.3, -0.25) is 25.8 Å². The number of hydrazine groups is 1. The molecule has 0 unspecified atom stereocenters. The second kappa shape index (κ2) is 9.77. The normalized spacial score (nSPS) is 10.1. The minimum Gasteiger partial charge on any atom is -0.482 e. The summed E-state index contributed by atoms with van der Waals surface area (Å²) in [6.07, 6.45) is 0. The maximum atomic E-state index is 13.5. The van der Waals surface area contributed by atoms with E-state index >= 15 is 0 Å². The van der Waals surface area contributed by atoms with E-state index in [1.165, 1.54) is 18.2 Å². The van der Waals surface area contributed by atoms with Gasteiger partial charge < -0.3 is 4.74 Å². The van der Waals surface area contributed by atoms with E-state index in [0.717, 1.165) is 16.1 Å². The number of nitrogens with one attached hydrogen (secondary N) is 3. The molecule has 2 amide bonds. The maximum absolute atomic E-state index is 13.5. The Bertz CT molecular complexity index is 872. The molecule has 27 heavy (non-hydrogen) atoms. The maximum Gasteiger partial charge on any atom is 0.276 e. The molecule has 0 aliphatic heterocycles. The zero-order chi connectivity index (χ0) is 20.0. The van der Waals surface area contributed by atoms with Crippen molar-refractivity contribution in [3.8, 4) is 5.75 Å². The molecule has 142 valence electrons. The van der Waals surface area contributed by atoms with Gasteiger partial charge in [-0.15, -0.1) is 0 Å². The van der Waals surface area contributed by atoms with Crippen LogP contribution in [0.5, 0.6) is 5.75 Å². The Kier molecular flexibility index (Phi) is 7.69. The van der Waals surface area contributed by atoms with E-state index in [9.17, 15) is 14.0 Å². The van der Waals surface area contributed by atoms with E-state index in [0.29, 0.717) is 10.2 Å². The fraction of sp³-hybridized carbons (Fsp3) is 0.118. The molecule has 2 aromatic rings. The third kappa shape index (κ3) is 6.26. The molecular formula is C17H14Br2FN3O3S. The summed E-state index contributed by atoms with van der Waals surface area (Å²) in [6.45, 7) is 1.56. The van der Waals surface area contributed by atoms with Crippen molar-refractivity contribution in [2.75, 3.05) is 6.61 Å². The molecule has 0 heterocycles. The molecule has 0 saturated carbocycles. The Balaban J connectivity index is 1.81. The van der Waals surface area contributed by atoms with Crippen molar-refractivity contribution in [1.82, 2.24) is 16.2 Å². The molecule has 2 rings (SSSR count). The highest BCUT2D eigenvalue weighted by Gasteiger charge is 2.13. The van der Waals surface area contributed by atoms with E-state index in [-0.39, 0.29) is 17.3 Å². The molecule has 0 spiro atoms. The van der Waals surface area contributed by atoms with Gasteiger partial charge in [0.1, 0.15) is 11.6 Å². The van der Waals surface area contributed by atoms with E-state index in [4.69, 9.17) is 17.0 Å². The molecule has 2 aromatic carbocycles. The fourth-order valence-electron chi connectivity index (χ4n) is 2.02. The molecule has 0 atom stereocenters. The number of carbonyl (C=O) groups excluding carboxylic acids is 2. The minimum atomic E-state index is -0.731. The summed E-state index contributed by atoms with van der Waals surface area (Å²) in [4.78, 5) is 23.8. The van der Waals surface area contributed by atoms with E-state index < -0.39 is 17.6 Å². The highest BCUT2D eigenvalue weighted by molar-refractivity contribution is 9.11. The number of hydrogen-bond acceptors (Lipinski definition) is 4. The van der Waals surface area contributed by atoms with Crippen LogP contribution >= 0.6 is 44.1 Å². The van der Waals surface area contributed by atoms with Crippen molar-refractivity contribution >= 4 is 61.0 Å². The number of rotatable bonds is 4. The van der Waals surface area contributed by atoms with Gasteiger partial charge in [0, 0.05) is 4.47 Å². The molecule has 10 heteroatoms. The summed E-state index contributed by atoms with van der Waals surface area (Å²) in [5, 5.41) is 2.08. The van der Waals surface area contributed by atoms with Crippen molar-refractivity contribution in [3.63, 3.8) is 0 Å². The number of aryl methyl sites for hydroxylation is 1. The van der Waals surface area contributed by atoms with Crippen LogP contribution in [-0.4, -0.2) is 23.5 Å².